The Kier molecular flexibility index (Phi) is 48.8. The summed E-state index contributed by atoms with van der Waals surface area (Å²) in [5.41, 5.74) is 0. The maximum Gasteiger partial charge on any atom is 0.220 e. The number of carbonyl (C=O) groups excluding carboxylic acids is 1. The van der Waals surface area contributed by atoms with Crippen molar-refractivity contribution < 1.29 is 64.6 Å². The van der Waals surface area contributed by atoms with Crippen LogP contribution in [0.5, 0.6) is 0 Å². The molecule has 2 aliphatic heterocycles. The number of amides is 1. The second-order valence-electron chi connectivity index (χ2n) is 24.0. The van der Waals surface area contributed by atoms with Gasteiger partial charge in [0.2, 0.25) is 5.91 Å². The average Bonchev–Trinajstić information content (AvgIpc) is 3.47. The van der Waals surface area contributed by atoms with Crippen molar-refractivity contribution in [1.29, 1.82) is 0 Å². The third kappa shape index (κ3) is 37.4. The van der Waals surface area contributed by atoms with Crippen LogP contribution in [0.25, 0.3) is 0 Å². The Morgan fingerprint density at radius 3 is 1.23 bits per heavy atom. The highest BCUT2D eigenvalue weighted by molar-refractivity contribution is 5.76. The minimum absolute atomic E-state index is 0.235. The Morgan fingerprint density at radius 2 is 0.815 bits per heavy atom. The highest BCUT2D eigenvalue weighted by atomic mass is 16.7. The molecule has 2 fully saturated rings. The molecule has 0 aromatic carbocycles. The minimum atomic E-state index is -1.79. The highest BCUT2D eigenvalue weighted by Crippen LogP contribution is 2.30. The fourth-order valence-corrected chi connectivity index (χ4v) is 11.1. The van der Waals surface area contributed by atoms with E-state index >= 15 is 0 Å². The smallest absolute Gasteiger partial charge is 0.220 e. The van der Waals surface area contributed by atoms with E-state index in [-0.39, 0.29) is 18.9 Å². The number of allylic oxidation sites excluding steroid dienone is 5. The molecular weight excluding hydrogens is 1030 g/mol. The molecule has 14 heteroatoms. The van der Waals surface area contributed by atoms with Crippen molar-refractivity contribution in [3.63, 3.8) is 0 Å². The fourth-order valence-electron chi connectivity index (χ4n) is 11.1. The second-order valence-corrected chi connectivity index (χ2v) is 24.0. The molecule has 0 radical (unpaired) electrons. The number of hydrogen-bond acceptors (Lipinski definition) is 13. The zero-order valence-electron chi connectivity index (χ0n) is 51.5. The van der Waals surface area contributed by atoms with Crippen LogP contribution in [-0.2, 0) is 23.7 Å². The van der Waals surface area contributed by atoms with E-state index in [1.165, 1.54) is 218 Å². The van der Waals surface area contributed by atoms with Gasteiger partial charge in [-0.05, 0) is 51.4 Å². The predicted octanol–water partition coefficient (Wildman–Crippen LogP) is 13.0. The summed E-state index contributed by atoms with van der Waals surface area (Å²) >= 11 is 0. The van der Waals surface area contributed by atoms with Crippen molar-refractivity contribution in [2.24, 2.45) is 0 Å². The summed E-state index contributed by atoms with van der Waals surface area (Å²) in [6.07, 6.45) is 49.2. The molecule has 2 rings (SSSR count). The first kappa shape index (κ1) is 75.3. The fraction of sp³-hybridized carbons (Fsp3) is 0.896. The molecule has 9 N–H and O–H groups in total. The lowest BCUT2D eigenvalue weighted by molar-refractivity contribution is -0.359. The van der Waals surface area contributed by atoms with E-state index in [1.54, 1.807) is 6.08 Å². The summed E-state index contributed by atoms with van der Waals surface area (Å²) in [6.45, 7) is 2.81. The first-order valence-electron chi connectivity index (χ1n) is 33.7. The van der Waals surface area contributed by atoms with Crippen molar-refractivity contribution in [2.75, 3.05) is 19.8 Å². The van der Waals surface area contributed by atoms with Gasteiger partial charge in [-0.2, -0.15) is 0 Å². The van der Waals surface area contributed by atoms with Crippen LogP contribution in [0.1, 0.15) is 290 Å². The summed E-state index contributed by atoms with van der Waals surface area (Å²) in [7, 11) is 0. The topological polar surface area (TPSA) is 228 Å². The van der Waals surface area contributed by atoms with Crippen LogP contribution in [0.3, 0.4) is 0 Å². The molecule has 2 saturated heterocycles. The van der Waals surface area contributed by atoms with Gasteiger partial charge in [-0.15, -0.1) is 0 Å². The van der Waals surface area contributed by atoms with E-state index in [0.717, 1.165) is 44.9 Å². The van der Waals surface area contributed by atoms with E-state index < -0.39 is 86.8 Å². The summed E-state index contributed by atoms with van der Waals surface area (Å²) < 4.78 is 22.8. The van der Waals surface area contributed by atoms with Gasteiger partial charge in [0.1, 0.15) is 48.8 Å². The van der Waals surface area contributed by atoms with Gasteiger partial charge in [0.15, 0.2) is 12.6 Å². The summed E-state index contributed by atoms with van der Waals surface area (Å²) in [4.78, 5) is 13.3. The molecule has 0 aliphatic carbocycles. The third-order valence-electron chi connectivity index (χ3n) is 16.6. The maximum absolute atomic E-state index is 13.3. The zero-order valence-corrected chi connectivity index (χ0v) is 51.5. The Balaban J connectivity index is 1.62. The van der Waals surface area contributed by atoms with Gasteiger partial charge in [-0.1, -0.05) is 269 Å². The number of ether oxygens (including phenoxy) is 4. The van der Waals surface area contributed by atoms with Crippen LogP contribution in [0.4, 0.5) is 0 Å². The van der Waals surface area contributed by atoms with E-state index in [2.05, 4.69) is 43.5 Å². The molecule has 2 heterocycles. The quantitative estimate of drug-likeness (QED) is 0.0204. The molecule has 12 unspecified atom stereocenters. The lowest BCUT2D eigenvalue weighted by atomic mass is 9.97. The maximum atomic E-state index is 13.3. The molecule has 476 valence electrons. The lowest BCUT2D eigenvalue weighted by Gasteiger charge is -2.46. The average molecular weight is 1150 g/mol. The zero-order chi connectivity index (χ0) is 58.8. The minimum Gasteiger partial charge on any atom is -0.394 e. The third-order valence-corrected chi connectivity index (χ3v) is 16.6. The van der Waals surface area contributed by atoms with Crippen molar-refractivity contribution in [3.05, 3.63) is 36.5 Å². The summed E-state index contributed by atoms with van der Waals surface area (Å²) in [5.74, 6) is -0.235. The highest BCUT2D eigenvalue weighted by Gasteiger charge is 2.51. The van der Waals surface area contributed by atoms with E-state index in [4.69, 9.17) is 18.9 Å². The van der Waals surface area contributed by atoms with E-state index in [1.807, 2.05) is 6.08 Å². The van der Waals surface area contributed by atoms with Crippen molar-refractivity contribution in [3.8, 4) is 0 Å². The van der Waals surface area contributed by atoms with Gasteiger partial charge >= 0.3 is 0 Å². The Morgan fingerprint density at radius 1 is 0.444 bits per heavy atom. The van der Waals surface area contributed by atoms with E-state index in [0.29, 0.717) is 6.42 Å². The number of rotatable bonds is 55. The Bertz CT molecular complexity index is 1500. The van der Waals surface area contributed by atoms with Crippen LogP contribution in [0.2, 0.25) is 0 Å². The molecule has 0 bridgehead atoms. The summed E-state index contributed by atoms with van der Waals surface area (Å²) in [6, 6.07) is -0.912. The SMILES string of the molecule is CCCCCCC/C=C\C/C=C\CCCCCCCCCCCCCCCCCCCCCCCC(=O)NC(COC1OC(CO)C(OC2OC(CO)C(O)C(O)C2O)C(O)C1O)C(O)/C=C/CCCCCCCCCCCCCC. The van der Waals surface area contributed by atoms with Gasteiger partial charge in [0.25, 0.3) is 0 Å². The van der Waals surface area contributed by atoms with Gasteiger partial charge < -0.3 is 65.1 Å². The molecule has 14 nitrogen and oxygen atoms in total. The van der Waals surface area contributed by atoms with Crippen molar-refractivity contribution in [2.45, 2.75) is 364 Å². The number of carbonyl (C=O) groups is 1. The molecule has 1 amide bonds. The standard InChI is InChI=1S/C67H125NO13/c1-3-5-7-9-11-13-15-17-19-20-21-22-23-24-25-26-27-28-29-30-31-32-33-34-35-36-37-39-41-43-45-47-49-51-59(72)68-55(56(71)50-48-46-44-42-40-38-18-16-14-12-10-8-6-4-2)54-78-66-64(77)62(75)65(58(53-70)80-66)81-67-63(76)61(74)60(73)57(52-69)79-67/h15,17,20-21,48,50,55-58,60-67,69-71,73-77H,3-14,16,18-19,22-47,49,51-54H2,1-2H3,(H,68,72)/b17-15-,21-20-,50-48+. The van der Waals surface area contributed by atoms with Crippen molar-refractivity contribution in [1.82, 2.24) is 5.32 Å². The molecule has 0 aromatic heterocycles. The van der Waals surface area contributed by atoms with Gasteiger partial charge in [0.05, 0.1) is 32.0 Å². The van der Waals surface area contributed by atoms with Gasteiger partial charge in [0, 0.05) is 6.42 Å². The van der Waals surface area contributed by atoms with Crippen LogP contribution in [-0.4, -0.2) is 140 Å². The Hall–Kier alpha value is -1.79. The number of nitrogens with one attached hydrogen (secondary N) is 1. The normalized spacial score (nSPS) is 24.3. The van der Waals surface area contributed by atoms with Crippen LogP contribution in [0, 0.1) is 0 Å². The lowest BCUT2D eigenvalue weighted by Crippen LogP contribution is -2.65. The van der Waals surface area contributed by atoms with Crippen LogP contribution in [0.15, 0.2) is 36.5 Å². The van der Waals surface area contributed by atoms with Crippen LogP contribution < -0.4 is 5.32 Å². The van der Waals surface area contributed by atoms with Crippen molar-refractivity contribution >= 4 is 5.91 Å². The van der Waals surface area contributed by atoms with Gasteiger partial charge in [-0.25, -0.2) is 0 Å². The number of hydrogen-bond donors (Lipinski definition) is 9. The molecule has 0 saturated carbocycles. The molecule has 0 spiro atoms. The number of unbranched alkanes of at least 4 members (excludes halogenated alkanes) is 38. The Labute approximate surface area is 493 Å². The first-order valence-corrected chi connectivity index (χ1v) is 33.7. The molecule has 12 atom stereocenters. The largest absolute Gasteiger partial charge is 0.394 e. The number of aliphatic hydroxyl groups is 8. The number of aliphatic hydroxyl groups excluding tert-OH is 8. The van der Waals surface area contributed by atoms with E-state index in [9.17, 15) is 45.6 Å². The molecular formula is C67H125NO13. The molecule has 81 heavy (non-hydrogen) atoms. The van der Waals surface area contributed by atoms with Crippen LogP contribution >= 0.6 is 0 Å². The monoisotopic (exact) mass is 1150 g/mol. The first-order chi connectivity index (χ1) is 39.6. The molecule has 0 aromatic rings. The van der Waals surface area contributed by atoms with Gasteiger partial charge in [-0.3, -0.25) is 4.79 Å². The molecule has 2 aliphatic rings. The second kappa shape index (κ2) is 52.5. The predicted molar refractivity (Wildman–Crippen MR) is 328 cm³/mol. The summed E-state index contributed by atoms with van der Waals surface area (Å²) in [5, 5.41) is 87.2.